The first-order valence-electron chi connectivity index (χ1n) is 6.36. The van der Waals surface area contributed by atoms with Crippen LogP contribution in [0.15, 0.2) is 24.3 Å². The molecule has 0 bridgehead atoms. The second-order valence-corrected chi connectivity index (χ2v) is 6.01. The Hall–Kier alpha value is -0.820. The number of rotatable bonds is 2. The van der Waals surface area contributed by atoms with Crippen molar-refractivity contribution in [2.24, 2.45) is 5.92 Å². The molecule has 88 valence electrons. The van der Waals surface area contributed by atoms with Crippen LogP contribution in [0.1, 0.15) is 38.3 Å². The SMILES string of the molecule is CC(C)(C)NCC1CCc2ccccc2C1. The molecule has 0 aromatic heterocycles. The first-order valence-corrected chi connectivity index (χ1v) is 6.36. The molecular formula is C15H23N. The van der Waals surface area contributed by atoms with Gasteiger partial charge < -0.3 is 5.32 Å². The summed E-state index contributed by atoms with van der Waals surface area (Å²) in [4.78, 5) is 0. The van der Waals surface area contributed by atoms with Gasteiger partial charge in [-0.25, -0.2) is 0 Å². The third-order valence-corrected chi connectivity index (χ3v) is 3.37. The van der Waals surface area contributed by atoms with Gasteiger partial charge in [-0.05, 0) is 63.6 Å². The summed E-state index contributed by atoms with van der Waals surface area (Å²) in [6.07, 6.45) is 3.84. The standard InChI is InChI=1S/C15H23N/c1-15(2,3)16-11-12-8-9-13-6-4-5-7-14(13)10-12/h4-7,12,16H,8-11H2,1-3H3. The summed E-state index contributed by atoms with van der Waals surface area (Å²) in [7, 11) is 0. The Bertz CT molecular complexity index is 349. The molecule has 0 aliphatic heterocycles. The molecule has 0 saturated heterocycles. The lowest BCUT2D eigenvalue weighted by atomic mass is 9.83. The van der Waals surface area contributed by atoms with Gasteiger partial charge in [-0.2, -0.15) is 0 Å². The molecule has 0 radical (unpaired) electrons. The van der Waals surface area contributed by atoms with Crippen LogP contribution in [0.3, 0.4) is 0 Å². The predicted molar refractivity (Wildman–Crippen MR) is 69.7 cm³/mol. The zero-order valence-electron chi connectivity index (χ0n) is 10.7. The largest absolute Gasteiger partial charge is 0.312 e. The highest BCUT2D eigenvalue weighted by Gasteiger charge is 2.19. The van der Waals surface area contributed by atoms with Gasteiger partial charge in [-0.1, -0.05) is 24.3 Å². The maximum atomic E-state index is 3.62. The summed E-state index contributed by atoms with van der Waals surface area (Å²) in [5.74, 6) is 0.814. The molecule has 1 atom stereocenters. The summed E-state index contributed by atoms with van der Waals surface area (Å²) >= 11 is 0. The lowest BCUT2D eigenvalue weighted by Gasteiger charge is -2.28. The first-order chi connectivity index (χ1) is 7.54. The van der Waals surface area contributed by atoms with Crippen LogP contribution in [0.4, 0.5) is 0 Å². The number of benzene rings is 1. The van der Waals surface area contributed by atoms with Crippen LogP contribution in [-0.4, -0.2) is 12.1 Å². The summed E-state index contributed by atoms with van der Waals surface area (Å²) in [6, 6.07) is 8.90. The van der Waals surface area contributed by atoms with Crippen LogP contribution in [0.2, 0.25) is 0 Å². The molecule has 1 aromatic carbocycles. The Morgan fingerprint density at radius 3 is 2.56 bits per heavy atom. The van der Waals surface area contributed by atoms with Crippen LogP contribution in [0.5, 0.6) is 0 Å². The van der Waals surface area contributed by atoms with Crippen molar-refractivity contribution in [3.63, 3.8) is 0 Å². The third kappa shape index (κ3) is 3.08. The highest BCUT2D eigenvalue weighted by Crippen LogP contribution is 2.25. The number of aryl methyl sites for hydroxylation is 1. The number of nitrogens with one attached hydrogen (secondary N) is 1. The number of hydrogen-bond acceptors (Lipinski definition) is 1. The fourth-order valence-electron chi connectivity index (χ4n) is 2.40. The Morgan fingerprint density at radius 2 is 1.88 bits per heavy atom. The van der Waals surface area contributed by atoms with E-state index in [9.17, 15) is 0 Å². The molecule has 1 aliphatic carbocycles. The Kier molecular flexibility index (Phi) is 3.34. The van der Waals surface area contributed by atoms with Crippen LogP contribution in [-0.2, 0) is 12.8 Å². The Labute approximate surface area is 99.3 Å². The second kappa shape index (κ2) is 4.58. The van der Waals surface area contributed by atoms with E-state index in [0.29, 0.717) is 0 Å². The van der Waals surface area contributed by atoms with Gasteiger partial charge in [0, 0.05) is 5.54 Å². The Balaban J connectivity index is 1.93. The minimum atomic E-state index is 0.247. The molecule has 0 heterocycles. The van der Waals surface area contributed by atoms with E-state index in [4.69, 9.17) is 0 Å². The van der Waals surface area contributed by atoms with Crippen molar-refractivity contribution in [3.8, 4) is 0 Å². The van der Waals surface area contributed by atoms with Crippen molar-refractivity contribution < 1.29 is 0 Å². The average molecular weight is 217 g/mol. The van der Waals surface area contributed by atoms with Gasteiger partial charge in [0.25, 0.3) is 0 Å². The molecule has 1 nitrogen and oxygen atoms in total. The molecule has 0 fully saturated rings. The van der Waals surface area contributed by atoms with Crippen molar-refractivity contribution >= 4 is 0 Å². The molecular weight excluding hydrogens is 194 g/mol. The van der Waals surface area contributed by atoms with E-state index in [0.717, 1.165) is 12.5 Å². The fraction of sp³-hybridized carbons (Fsp3) is 0.600. The van der Waals surface area contributed by atoms with Gasteiger partial charge in [-0.3, -0.25) is 0 Å². The minimum absolute atomic E-state index is 0.247. The molecule has 2 rings (SSSR count). The molecule has 1 unspecified atom stereocenters. The van der Waals surface area contributed by atoms with E-state index >= 15 is 0 Å². The second-order valence-electron chi connectivity index (χ2n) is 6.01. The maximum absolute atomic E-state index is 3.62. The summed E-state index contributed by atoms with van der Waals surface area (Å²) in [5.41, 5.74) is 3.38. The smallest absolute Gasteiger partial charge is 0.00966 e. The van der Waals surface area contributed by atoms with Crippen LogP contribution >= 0.6 is 0 Å². The quantitative estimate of drug-likeness (QED) is 0.802. The zero-order chi connectivity index (χ0) is 11.6. The molecule has 16 heavy (non-hydrogen) atoms. The molecule has 1 heteroatoms. The summed E-state index contributed by atoms with van der Waals surface area (Å²) in [5, 5.41) is 3.62. The molecule has 1 aliphatic rings. The fourth-order valence-corrected chi connectivity index (χ4v) is 2.40. The average Bonchev–Trinajstić information content (AvgIpc) is 2.25. The number of fused-ring (bicyclic) bond motifs is 1. The Morgan fingerprint density at radius 1 is 1.19 bits per heavy atom. The number of hydrogen-bond donors (Lipinski definition) is 1. The molecule has 0 saturated carbocycles. The van der Waals surface area contributed by atoms with Gasteiger partial charge in [0.2, 0.25) is 0 Å². The van der Waals surface area contributed by atoms with E-state index in [1.165, 1.54) is 19.3 Å². The van der Waals surface area contributed by atoms with Gasteiger partial charge in [0.05, 0.1) is 0 Å². The zero-order valence-corrected chi connectivity index (χ0v) is 10.7. The first kappa shape index (κ1) is 11.7. The van der Waals surface area contributed by atoms with E-state index in [1.807, 2.05) is 0 Å². The van der Waals surface area contributed by atoms with Gasteiger partial charge in [0.1, 0.15) is 0 Å². The maximum Gasteiger partial charge on any atom is 0.00966 e. The lowest BCUT2D eigenvalue weighted by molar-refractivity contribution is 0.349. The topological polar surface area (TPSA) is 12.0 Å². The van der Waals surface area contributed by atoms with E-state index in [2.05, 4.69) is 50.4 Å². The van der Waals surface area contributed by atoms with Crippen molar-refractivity contribution in [2.75, 3.05) is 6.54 Å². The minimum Gasteiger partial charge on any atom is -0.312 e. The van der Waals surface area contributed by atoms with E-state index in [1.54, 1.807) is 11.1 Å². The highest BCUT2D eigenvalue weighted by molar-refractivity contribution is 5.29. The van der Waals surface area contributed by atoms with Crippen LogP contribution in [0.25, 0.3) is 0 Å². The van der Waals surface area contributed by atoms with Crippen molar-refractivity contribution in [1.29, 1.82) is 0 Å². The van der Waals surface area contributed by atoms with Crippen molar-refractivity contribution in [3.05, 3.63) is 35.4 Å². The third-order valence-electron chi connectivity index (χ3n) is 3.37. The van der Waals surface area contributed by atoms with Gasteiger partial charge >= 0.3 is 0 Å². The molecule has 1 aromatic rings. The van der Waals surface area contributed by atoms with Crippen molar-refractivity contribution in [1.82, 2.24) is 5.32 Å². The van der Waals surface area contributed by atoms with Gasteiger partial charge in [0.15, 0.2) is 0 Å². The molecule has 1 N–H and O–H groups in total. The normalized spacial score (nSPS) is 20.6. The monoisotopic (exact) mass is 217 g/mol. The summed E-state index contributed by atoms with van der Waals surface area (Å²) < 4.78 is 0. The van der Waals surface area contributed by atoms with Gasteiger partial charge in [-0.15, -0.1) is 0 Å². The lowest BCUT2D eigenvalue weighted by Crippen LogP contribution is -2.40. The van der Waals surface area contributed by atoms with Crippen molar-refractivity contribution in [2.45, 2.75) is 45.6 Å². The predicted octanol–water partition coefficient (Wildman–Crippen LogP) is 3.18. The summed E-state index contributed by atoms with van der Waals surface area (Å²) in [6.45, 7) is 7.87. The van der Waals surface area contributed by atoms with Crippen LogP contribution < -0.4 is 5.32 Å². The highest BCUT2D eigenvalue weighted by atomic mass is 14.9. The van der Waals surface area contributed by atoms with Crippen LogP contribution in [0, 0.1) is 5.92 Å². The van der Waals surface area contributed by atoms with E-state index < -0.39 is 0 Å². The van der Waals surface area contributed by atoms with E-state index in [-0.39, 0.29) is 5.54 Å². The molecule has 0 spiro atoms. The molecule has 0 amide bonds.